The van der Waals surface area contributed by atoms with Gasteiger partial charge in [0.25, 0.3) is 0 Å². The van der Waals surface area contributed by atoms with Crippen LogP contribution < -0.4 is 10.0 Å². The van der Waals surface area contributed by atoms with Crippen molar-refractivity contribution in [3.63, 3.8) is 0 Å². The lowest BCUT2D eigenvalue weighted by atomic mass is 10.2. The number of benzene rings is 1. The van der Waals surface area contributed by atoms with Crippen LogP contribution in [0.15, 0.2) is 17.0 Å². The van der Waals surface area contributed by atoms with Gasteiger partial charge in [0.05, 0.1) is 0 Å². The van der Waals surface area contributed by atoms with Crippen LogP contribution in [0.2, 0.25) is 5.02 Å². The molecular weight excluding hydrogens is 335 g/mol. The Bertz CT molecular complexity index is 582. The highest BCUT2D eigenvalue weighted by atomic mass is 35.5. The molecule has 1 unspecified atom stereocenters. The smallest absolute Gasteiger partial charge is 0.243 e. The Morgan fingerprint density at radius 3 is 2.67 bits per heavy atom. The average molecular weight is 355 g/mol. The first kappa shape index (κ1) is 18.7. The summed E-state index contributed by atoms with van der Waals surface area (Å²) < 4.78 is 41.4. The van der Waals surface area contributed by atoms with Gasteiger partial charge in [-0.15, -0.1) is 0 Å². The normalized spacial score (nSPS) is 13.4. The van der Waals surface area contributed by atoms with E-state index in [1.54, 1.807) is 25.7 Å². The van der Waals surface area contributed by atoms with E-state index in [0.717, 1.165) is 11.8 Å². The van der Waals surface area contributed by atoms with Crippen LogP contribution in [0, 0.1) is 5.82 Å². The van der Waals surface area contributed by atoms with Gasteiger partial charge in [0.1, 0.15) is 10.7 Å². The zero-order valence-corrected chi connectivity index (χ0v) is 14.6. The number of hydrogen-bond acceptors (Lipinski definition) is 4. The Morgan fingerprint density at radius 2 is 2.10 bits per heavy atom. The molecule has 120 valence electrons. The second-order valence-electron chi connectivity index (χ2n) is 4.71. The minimum atomic E-state index is -3.93. The lowest BCUT2D eigenvalue weighted by molar-refractivity contribution is 0.533. The van der Waals surface area contributed by atoms with Crippen LogP contribution in [0.5, 0.6) is 0 Å². The molecule has 1 aromatic carbocycles. The van der Waals surface area contributed by atoms with Gasteiger partial charge in [0.2, 0.25) is 10.0 Å². The zero-order valence-electron chi connectivity index (χ0n) is 12.2. The van der Waals surface area contributed by atoms with Crippen molar-refractivity contribution in [3.8, 4) is 0 Å². The monoisotopic (exact) mass is 354 g/mol. The maximum absolute atomic E-state index is 14.3. The maximum Gasteiger partial charge on any atom is 0.243 e. The van der Waals surface area contributed by atoms with Gasteiger partial charge in [-0.05, 0) is 44.5 Å². The first-order valence-electron chi connectivity index (χ1n) is 6.45. The number of sulfonamides is 1. The van der Waals surface area contributed by atoms with Crippen LogP contribution in [-0.4, -0.2) is 33.5 Å². The highest BCUT2D eigenvalue weighted by Gasteiger charge is 2.24. The van der Waals surface area contributed by atoms with Crippen LogP contribution in [0.3, 0.4) is 0 Å². The molecule has 0 radical (unpaired) electrons. The van der Waals surface area contributed by atoms with Crippen LogP contribution in [-0.2, 0) is 16.6 Å². The standard InChI is InChI=1S/C13H20ClFN2O2S2/c1-9(4-5-20-3)17-21(18,19)12-7-11(14)6-10(8-16-2)13(12)15/h6-7,9,16-17H,4-5,8H2,1-3H3. The van der Waals surface area contributed by atoms with Gasteiger partial charge in [-0.3, -0.25) is 0 Å². The van der Waals surface area contributed by atoms with Crippen LogP contribution in [0.4, 0.5) is 4.39 Å². The Balaban J connectivity index is 3.07. The SMILES string of the molecule is CNCc1cc(Cl)cc(S(=O)(=O)NC(C)CCSC)c1F. The van der Waals surface area contributed by atoms with Crippen molar-refractivity contribution in [2.45, 2.75) is 30.8 Å². The van der Waals surface area contributed by atoms with Gasteiger partial charge in [-0.25, -0.2) is 17.5 Å². The van der Waals surface area contributed by atoms with E-state index >= 15 is 0 Å². The Labute approximate surface area is 134 Å². The number of nitrogens with one attached hydrogen (secondary N) is 2. The van der Waals surface area contributed by atoms with E-state index in [0.29, 0.717) is 6.42 Å². The van der Waals surface area contributed by atoms with E-state index in [1.165, 1.54) is 6.07 Å². The fourth-order valence-corrected chi connectivity index (χ4v) is 4.13. The molecule has 2 N–H and O–H groups in total. The summed E-state index contributed by atoms with van der Waals surface area (Å²) in [7, 11) is -2.28. The molecule has 0 saturated carbocycles. The quantitative estimate of drug-likeness (QED) is 0.753. The summed E-state index contributed by atoms with van der Waals surface area (Å²) >= 11 is 7.52. The molecule has 0 aliphatic heterocycles. The molecule has 1 aromatic rings. The second-order valence-corrected chi connectivity index (χ2v) is 7.82. The summed E-state index contributed by atoms with van der Waals surface area (Å²) in [5.74, 6) is 0.0607. The molecule has 1 atom stereocenters. The number of rotatable bonds is 8. The van der Waals surface area contributed by atoms with Gasteiger partial charge in [0, 0.05) is 23.2 Å². The van der Waals surface area contributed by atoms with Crippen LogP contribution >= 0.6 is 23.4 Å². The molecule has 0 aliphatic rings. The zero-order chi connectivity index (χ0) is 16.0. The summed E-state index contributed by atoms with van der Waals surface area (Å²) in [5.41, 5.74) is 0.224. The maximum atomic E-state index is 14.3. The summed E-state index contributed by atoms with van der Waals surface area (Å²) in [4.78, 5) is -0.406. The Kier molecular flexibility index (Phi) is 7.42. The lowest BCUT2D eigenvalue weighted by Gasteiger charge is -2.15. The number of halogens is 2. The summed E-state index contributed by atoms with van der Waals surface area (Å²) in [6.07, 6.45) is 2.62. The molecule has 0 bridgehead atoms. The van der Waals surface area contributed by atoms with Crippen molar-refractivity contribution in [2.75, 3.05) is 19.1 Å². The molecule has 4 nitrogen and oxygen atoms in total. The topological polar surface area (TPSA) is 58.2 Å². The molecule has 0 spiro atoms. The minimum Gasteiger partial charge on any atom is -0.316 e. The highest BCUT2D eigenvalue weighted by molar-refractivity contribution is 7.98. The fourth-order valence-electron chi connectivity index (χ4n) is 1.81. The Morgan fingerprint density at radius 1 is 1.43 bits per heavy atom. The van der Waals surface area contributed by atoms with Gasteiger partial charge in [0.15, 0.2) is 0 Å². The highest BCUT2D eigenvalue weighted by Crippen LogP contribution is 2.24. The number of thioether (sulfide) groups is 1. The van der Waals surface area contributed by atoms with Crippen molar-refractivity contribution in [3.05, 3.63) is 28.5 Å². The molecule has 0 saturated heterocycles. The summed E-state index contributed by atoms with van der Waals surface area (Å²) in [6, 6.07) is 2.29. The van der Waals surface area contributed by atoms with Gasteiger partial charge in [-0.2, -0.15) is 11.8 Å². The van der Waals surface area contributed by atoms with Crippen molar-refractivity contribution in [1.82, 2.24) is 10.0 Å². The van der Waals surface area contributed by atoms with Gasteiger partial charge >= 0.3 is 0 Å². The third-order valence-electron chi connectivity index (χ3n) is 2.85. The first-order chi connectivity index (χ1) is 9.81. The predicted octanol–water partition coefficient (Wildman–Crippen LogP) is 2.62. The average Bonchev–Trinajstić information content (AvgIpc) is 2.39. The second kappa shape index (κ2) is 8.33. The van der Waals surface area contributed by atoms with Gasteiger partial charge in [-0.1, -0.05) is 11.6 Å². The van der Waals surface area contributed by atoms with Crippen molar-refractivity contribution >= 4 is 33.4 Å². The van der Waals surface area contributed by atoms with Crippen molar-refractivity contribution < 1.29 is 12.8 Å². The number of hydrogen-bond donors (Lipinski definition) is 2. The Hall–Kier alpha value is -0.340. The van der Waals surface area contributed by atoms with E-state index in [1.807, 2.05) is 6.26 Å². The van der Waals surface area contributed by atoms with Crippen LogP contribution in [0.1, 0.15) is 18.9 Å². The molecule has 0 amide bonds. The van der Waals surface area contributed by atoms with E-state index < -0.39 is 20.7 Å². The van der Waals surface area contributed by atoms with Crippen molar-refractivity contribution in [1.29, 1.82) is 0 Å². The largest absolute Gasteiger partial charge is 0.316 e. The van der Waals surface area contributed by atoms with E-state index in [4.69, 9.17) is 11.6 Å². The fraction of sp³-hybridized carbons (Fsp3) is 0.538. The molecular formula is C13H20ClFN2O2S2. The third-order valence-corrected chi connectivity index (χ3v) is 5.30. The van der Waals surface area contributed by atoms with Gasteiger partial charge < -0.3 is 5.32 Å². The minimum absolute atomic E-state index is 0.193. The van der Waals surface area contributed by atoms with E-state index in [2.05, 4.69) is 10.0 Å². The summed E-state index contributed by atoms with van der Waals surface area (Å²) in [5, 5.41) is 2.98. The lowest BCUT2D eigenvalue weighted by Crippen LogP contribution is -2.33. The summed E-state index contributed by atoms with van der Waals surface area (Å²) in [6.45, 7) is 1.96. The van der Waals surface area contributed by atoms with E-state index in [-0.39, 0.29) is 23.2 Å². The molecule has 8 heteroatoms. The molecule has 0 aromatic heterocycles. The molecule has 0 fully saturated rings. The molecule has 1 rings (SSSR count). The molecule has 21 heavy (non-hydrogen) atoms. The predicted molar refractivity (Wildman–Crippen MR) is 87.0 cm³/mol. The van der Waals surface area contributed by atoms with Crippen LogP contribution in [0.25, 0.3) is 0 Å². The van der Waals surface area contributed by atoms with E-state index in [9.17, 15) is 12.8 Å². The molecule has 0 aliphatic carbocycles. The molecule has 0 heterocycles. The van der Waals surface area contributed by atoms with Crippen molar-refractivity contribution in [2.24, 2.45) is 0 Å². The first-order valence-corrected chi connectivity index (χ1v) is 9.71. The third kappa shape index (κ3) is 5.41.